The van der Waals surface area contributed by atoms with E-state index in [1.54, 1.807) is 0 Å². The van der Waals surface area contributed by atoms with Crippen LogP contribution in [0.3, 0.4) is 0 Å². The van der Waals surface area contributed by atoms with Crippen LogP contribution in [0.2, 0.25) is 0 Å². The Morgan fingerprint density at radius 2 is 1.53 bits per heavy atom. The highest BCUT2D eigenvalue weighted by Crippen LogP contribution is 2.34. The SMILES string of the molecule is CC(Sc1nc(-c2ccccc2)c(-c2ccccc2)[nH]1)C(=O)Nc1ccccc1Br. The number of halogens is 1. The molecule has 1 aromatic heterocycles. The van der Waals surface area contributed by atoms with Crippen molar-refractivity contribution in [2.75, 3.05) is 5.32 Å². The lowest BCUT2D eigenvalue weighted by atomic mass is 10.1. The Labute approximate surface area is 188 Å². The number of carbonyl (C=O) groups is 1. The number of anilines is 1. The smallest absolute Gasteiger partial charge is 0.237 e. The predicted octanol–water partition coefficient (Wildman–Crippen LogP) is 6.63. The van der Waals surface area contributed by atoms with Crippen LogP contribution in [0.1, 0.15) is 6.92 Å². The number of amides is 1. The third kappa shape index (κ3) is 4.66. The number of carbonyl (C=O) groups excluding carboxylic acids is 1. The lowest BCUT2D eigenvalue weighted by Gasteiger charge is -2.11. The summed E-state index contributed by atoms with van der Waals surface area (Å²) >= 11 is 4.87. The van der Waals surface area contributed by atoms with Gasteiger partial charge in [-0.05, 0) is 35.0 Å². The van der Waals surface area contributed by atoms with Gasteiger partial charge >= 0.3 is 0 Å². The molecule has 0 saturated carbocycles. The standard InChI is InChI=1S/C24H20BrN3OS/c1-16(23(29)26-20-15-9-8-14-19(20)25)30-24-27-21(17-10-4-2-5-11-17)22(28-24)18-12-6-3-7-13-18/h2-16H,1H3,(H,26,29)(H,27,28). The average Bonchev–Trinajstić information content (AvgIpc) is 3.20. The molecular weight excluding hydrogens is 458 g/mol. The molecule has 2 N–H and O–H groups in total. The number of hydrogen-bond acceptors (Lipinski definition) is 3. The molecule has 0 radical (unpaired) electrons. The van der Waals surface area contributed by atoms with E-state index in [0.717, 1.165) is 32.7 Å². The third-order valence-corrected chi connectivity index (χ3v) is 6.26. The number of aromatic amines is 1. The van der Waals surface area contributed by atoms with E-state index in [2.05, 4.69) is 38.4 Å². The van der Waals surface area contributed by atoms with Gasteiger partial charge in [0.05, 0.1) is 22.3 Å². The topological polar surface area (TPSA) is 57.8 Å². The Kier molecular flexibility index (Phi) is 6.35. The highest BCUT2D eigenvalue weighted by atomic mass is 79.9. The molecule has 6 heteroatoms. The van der Waals surface area contributed by atoms with Crippen LogP contribution in [0.25, 0.3) is 22.5 Å². The van der Waals surface area contributed by atoms with E-state index in [1.165, 1.54) is 11.8 Å². The summed E-state index contributed by atoms with van der Waals surface area (Å²) in [5.74, 6) is -0.0779. The lowest BCUT2D eigenvalue weighted by Crippen LogP contribution is -2.22. The molecule has 0 aliphatic carbocycles. The summed E-state index contributed by atoms with van der Waals surface area (Å²) in [6.45, 7) is 1.88. The molecule has 4 aromatic rings. The molecule has 150 valence electrons. The molecule has 0 saturated heterocycles. The fraction of sp³-hybridized carbons (Fsp3) is 0.0833. The summed E-state index contributed by atoms with van der Waals surface area (Å²) in [4.78, 5) is 20.9. The van der Waals surface area contributed by atoms with Gasteiger partial charge in [-0.2, -0.15) is 0 Å². The first-order valence-electron chi connectivity index (χ1n) is 9.54. The quantitative estimate of drug-likeness (QED) is 0.306. The van der Waals surface area contributed by atoms with E-state index in [0.29, 0.717) is 5.16 Å². The van der Waals surface area contributed by atoms with Crippen LogP contribution in [0, 0.1) is 0 Å². The normalized spacial score (nSPS) is 11.8. The fourth-order valence-corrected chi connectivity index (χ4v) is 4.23. The Balaban J connectivity index is 1.59. The Hall–Kier alpha value is -2.83. The maximum atomic E-state index is 12.7. The van der Waals surface area contributed by atoms with Crippen LogP contribution in [-0.4, -0.2) is 21.1 Å². The first-order chi connectivity index (χ1) is 14.6. The Morgan fingerprint density at radius 1 is 0.933 bits per heavy atom. The predicted molar refractivity (Wildman–Crippen MR) is 128 cm³/mol. The Bertz CT molecular complexity index is 1090. The number of imidazole rings is 1. The molecule has 3 aromatic carbocycles. The summed E-state index contributed by atoms with van der Waals surface area (Å²) in [6.07, 6.45) is 0. The minimum absolute atomic E-state index is 0.0779. The molecule has 0 aliphatic heterocycles. The van der Waals surface area contributed by atoms with Crippen molar-refractivity contribution in [1.29, 1.82) is 0 Å². The molecule has 30 heavy (non-hydrogen) atoms. The number of nitrogens with one attached hydrogen (secondary N) is 2. The van der Waals surface area contributed by atoms with Crippen molar-refractivity contribution in [3.05, 3.63) is 89.4 Å². The van der Waals surface area contributed by atoms with Crippen molar-refractivity contribution in [2.24, 2.45) is 0 Å². The van der Waals surface area contributed by atoms with Gasteiger partial charge in [0, 0.05) is 15.6 Å². The Morgan fingerprint density at radius 3 is 2.20 bits per heavy atom. The van der Waals surface area contributed by atoms with Gasteiger partial charge in [0.1, 0.15) is 0 Å². The molecule has 4 rings (SSSR count). The number of H-pyrrole nitrogens is 1. The highest BCUT2D eigenvalue weighted by molar-refractivity contribution is 9.10. The van der Waals surface area contributed by atoms with Gasteiger partial charge in [0.2, 0.25) is 5.91 Å². The van der Waals surface area contributed by atoms with E-state index in [1.807, 2.05) is 79.7 Å². The van der Waals surface area contributed by atoms with Crippen LogP contribution in [0.5, 0.6) is 0 Å². The van der Waals surface area contributed by atoms with Gasteiger partial charge in [-0.25, -0.2) is 4.98 Å². The summed E-state index contributed by atoms with van der Waals surface area (Å²) in [7, 11) is 0. The monoisotopic (exact) mass is 477 g/mol. The van der Waals surface area contributed by atoms with Crippen molar-refractivity contribution in [3.8, 4) is 22.5 Å². The van der Waals surface area contributed by atoms with E-state index in [-0.39, 0.29) is 11.2 Å². The van der Waals surface area contributed by atoms with E-state index < -0.39 is 0 Å². The number of nitrogens with zero attached hydrogens (tertiary/aromatic N) is 1. The molecule has 0 aliphatic rings. The molecule has 1 atom stereocenters. The van der Waals surface area contributed by atoms with Crippen LogP contribution < -0.4 is 5.32 Å². The zero-order chi connectivity index (χ0) is 20.9. The van der Waals surface area contributed by atoms with Gasteiger partial charge in [0.15, 0.2) is 5.16 Å². The molecule has 1 unspecified atom stereocenters. The number of rotatable bonds is 6. The van der Waals surface area contributed by atoms with Gasteiger partial charge in [-0.3, -0.25) is 4.79 Å². The summed E-state index contributed by atoms with van der Waals surface area (Å²) in [5, 5.41) is 3.35. The number of para-hydroxylation sites is 1. The van der Waals surface area contributed by atoms with Crippen molar-refractivity contribution in [1.82, 2.24) is 9.97 Å². The second-order valence-electron chi connectivity index (χ2n) is 6.73. The van der Waals surface area contributed by atoms with Crippen LogP contribution in [0.15, 0.2) is 94.6 Å². The van der Waals surface area contributed by atoms with Gasteiger partial charge in [-0.15, -0.1) is 0 Å². The average molecular weight is 478 g/mol. The number of aromatic nitrogens is 2. The largest absolute Gasteiger partial charge is 0.332 e. The van der Waals surface area contributed by atoms with E-state index >= 15 is 0 Å². The van der Waals surface area contributed by atoms with Crippen molar-refractivity contribution >= 4 is 39.3 Å². The summed E-state index contributed by atoms with van der Waals surface area (Å²) in [6, 6.07) is 27.8. The minimum atomic E-state index is -0.324. The van der Waals surface area contributed by atoms with Crippen molar-refractivity contribution in [2.45, 2.75) is 17.3 Å². The van der Waals surface area contributed by atoms with E-state index in [9.17, 15) is 4.79 Å². The third-order valence-electron chi connectivity index (χ3n) is 4.58. The van der Waals surface area contributed by atoms with Crippen molar-refractivity contribution < 1.29 is 4.79 Å². The fourth-order valence-electron chi connectivity index (χ4n) is 3.04. The molecular formula is C24H20BrN3OS. The van der Waals surface area contributed by atoms with Crippen LogP contribution in [-0.2, 0) is 4.79 Å². The molecule has 1 amide bonds. The zero-order valence-corrected chi connectivity index (χ0v) is 18.7. The second-order valence-corrected chi connectivity index (χ2v) is 8.91. The maximum absolute atomic E-state index is 12.7. The zero-order valence-electron chi connectivity index (χ0n) is 16.3. The molecule has 0 bridgehead atoms. The van der Waals surface area contributed by atoms with Crippen molar-refractivity contribution in [3.63, 3.8) is 0 Å². The number of benzene rings is 3. The lowest BCUT2D eigenvalue weighted by molar-refractivity contribution is -0.115. The van der Waals surface area contributed by atoms with Gasteiger partial charge < -0.3 is 10.3 Å². The molecule has 0 spiro atoms. The molecule has 0 fully saturated rings. The van der Waals surface area contributed by atoms with Crippen LogP contribution >= 0.6 is 27.7 Å². The second kappa shape index (κ2) is 9.32. The van der Waals surface area contributed by atoms with Crippen LogP contribution in [0.4, 0.5) is 5.69 Å². The highest BCUT2D eigenvalue weighted by Gasteiger charge is 2.20. The van der Waals surface area contributed by atoms with Gasteiger partial charge in [-0.1, -0.05) is 84.6 Å². The maximum Gasteiger partial charge on any atom is 0.237 e. The van der Waals surface area contributed by atoms with Gasteiger partial charge in [0.25, 0.3) is 0 Å². The first-order valence-corrected chi connectivity index (χ1v) is 11.2. The molecule has 1 heterocycles. The number of hydrogen-bond donors (Lipinski definition) is 2. The summed E-state index contributed by atoms with van der Waals surface area (Å²) < 4.78 is 0.853. The minimum Gasteiger partial charge on any atom is -0.332 e. The first kappa shape index (κ1) is 20.4. The summed E-state index contributed by atoms with van der Waals surface area (Å²) in [5.41, 5.74) is 4.67. The molecule has 4 nitrogen and oxygen atoms in total. The number of thioether (sulfide) groups is 1. The van der Waals surface area contributed by atoms with E-state index in [4.69, 9.17) is 4.98 Å².